The van der Waals surface area contributed by atoms with Crippen molar-refractivity contribution in [3.8, 4) is 5.75 Å². The molecule has 0 aromatic heterocycles. The van der Waals surface area contributed by atoms with Gasteiger partial charge < -0.3 is 10.5 Å². The molecule has 0 heterocycles. The zero-order chi connectivity index (χ0) is 13.8. The molecule has 2 rings (SSSR count). The van der Waals surface area contributed by atoms with Crippen LogP contribution < -0.4 is 10.5 Å². The predicted octanol–water partition coefficient (Wildman–Crippen LogP) is 4.99. The van der Waals surface area contributed by atoms with E-state index in [-0.39, 0.29) is 0 Å². The fraction of sp³-hybridized carbons (Fsp3) is 0.143. The Morgan fingerprint density at radius 1 is 1.26 bits per heavy atom. The first-order valence-electron chi connectivity index (χ1n) is 5.60. The van der Waals surface area contributed by atoms with Gasteiger partial charge in [-0.15, -0.1) is 11.8 Å². The average molecular weight is 359 g/mol. The average Bonchev–Trinajstić information content (AvgIpc) is 2.41. The lowest BCUT2D eigenvalue weighted by Crippen LogP contribution is -1.90. The standard InChI is InChI=1S/C14H13BrClNOS/c1-18-11-3-4-12(15)9(6-11)8-19-14-7-10(16)2-5-13(14)17/h2-7H,8,17H2,1H3. The Labute approximate surface area is 130 Å². The molecule has 0 amide bonds. The van der Waals surface area contributed by atoms with Crippen LogP contribution in [0.4, 0.5) is 5.69 Å². The maximum Gasteiger partial charge on any atom is 0.119 e. The molecule has 100 valence electrons. The van der Waals surface area contributed by atoms with Crippen LogP contribution in [0.3, 0.4) is 0 Å². The van der Waals surface area contributed by atoms with Crippen molar-refractivity contribution in [1.82, 2.24) is 0 Å². The van der Waals surface area contributed by atoms with E-state index < -0.39 is 0 Å². The van der Waals surface area contributed by atoms with Gasteiger partial charge in [0.2, 0.25) is 0 Å². The topological polar surface area (TPSA) is 35.2 Å². The van der Waals surface area contributed by atoms with Crippen LogP contribution in [0.1, 0.15) is 5.56 Å². The van der Waals surface area contributed by atoms with Crippen molar-refractivity contribution in [3.05, 3.63) is 51.5 Å². The number of thioether (sulfide) groups is 1. The molecular formula is C14H13BrClNOS. The molecule has 2 aromatic carbocycles. The van der Waals surface area contributed by atoms with Gasteiger partial charge in [-0.2, -0.15) is 0 Å². The van der Waals surface area contributed by atoms with Gasteiger partial charge in [0.05, 0.1) is 7.11 Å². The Hall–Kier alpha value is -0.840. The van der Waals surface area contributed by atoms with Gasteiger partial charge in [0.15, 0.2) is 0 Å². The Morgan fingerprint density at radius 3 is 2.79 bits per heavy atom. The smallest absolute Gasteiger partial charge is 0.119 e. The molecule has 2 nitrogen and oxygen atoms in total. The van der Waals surface area contributed by atoms with Crippen molar-refractivity contribution < 1.29 is 4.74 Å². The maximum atomic E-state index is 5.98. The molecule has 0 aliphatic carbocycles. The van der Waals surface area contributed by atoms with Crippen LogP contribution in [0, 0.1) is 0 Å². The van der Waals surface area contributed by atoms with Crippen LogP contribution >= 0.6 is 39.3 Å². The Morgan fingerprint density at radius 2 is 2.05 bits per heavy atom. The molecule has 2 N–H and O–H groups in total. The first-order valence-corrected chi connectivity index (χ1v) is 7.76. The van der Waals surface area contributed by atoms with Crippen molar-refractivity contribution in [2.24, 2.45) is 0 Å². The first kappa shape index (κ1) is 14.6. The number of hydrogen-bond acceptors (Lipinski definition) is 3. The van der Waals surface area contributed by atoms with E-state index in [1.54, 1.807) is 24.9 Å². The van der Waals surface area contributed by atoms with Crippen LogP contribution in [-0.2, 0) is 5.75 Å². The molecule has 0 unspecified atom stereocenters. The van der Waals surface area contributed by atoms with Crippen LogP contribution in [0.25, 0.3) is 0 Å². The summed E-state index contributed by atoms with van der Waals surface area (Å²) in [4.78, 5) is 0.988. The van der Waals surface area contributed by atoms with E-state index in [1.165, 1.54) is 0 Å². The molecule has 0 radical (unpaired) electrons. The van der Waals surface area contributed by atoms with E-state index in [4.69, 9.17) is 22.1 Å². The highest BCUT2D eigenvalue weighted by Crippen LogP contribution is 2.33. The third-order valence-electron chi connectivity index (χ3n) is 2.61. The Kier molecular flexibility index (Phi) is 5.02. The first-order chi connectivity index (χ1) is 9.10. The molecule has 0 aliphatic heterocycles. The SMILES string of the molecule is COc1ccc(Br)c(CSc2cc(Cl)ccc2N)c1. The Bertz CT molecular complexity index is 592. The molecule has 0 bridgehead atoms. The molecule has 0 atom stereocenters. The minimum atomic E-state index is 0.696. The van der Waals surface area contributed by atoms with E-state index in [9.17, 15) is 0 Å². The number of methoxy groups -OCH3 is 1. The molecule has 2 aromatic rings. The summed E-state index contributed by atoms with van der Waals surface area (Å²) in [5, 5.41) is 0.696. The number of halogens is 2. The minimum absolute atomic E-state index is 0.696. The number of anilines is 1. The van der Waals surface area contributed by atoms with Crippen molar-refractivity contribution in [1.29, 1.82) is 0 Å². The van der Waals surface area contributed by atoms with E-state index in [1.807, 2.05) is 30.3 Å². The van der Waals surface area contributed by atoms with E-state index >= 15 is 0 Å². The van der Waals surface area contributed by atoms with Crippen molar-refractivity contribution in [2.45, 2.75) is 10.6 Å². The summed E-state index contributed by atoms with van der Waals surface area (Å²) in [6.45, 7) is 0. The van der Waals surface area contributed by atoms with Crippen molar-refractivity contribution in [3.63, 3.8) is 0 Å². The predicted molar refractivity (Wildman–Crippen MR) is 86.1 cm³/mol. The second kappa shape index (κ2) is 6.55. The van der Waals surface area contributed by atoms with Gasteiger partial charge in [0.1, 0.15) is 5.75 Å². The van der Waals surface area contributed by atoms with Gasteiger partial charge in [0.25, 0.3) is 0 Å². The van der Waals surface area contributed by atoms with Gasteiger partial charge in [-0.25, -0.2) is 0 Å². The van der Waals surface area contributed by atoms with E-state index in [0.717, 1.165) is 32.1 Å². The van der Waals surface area contributed by atoms with E-state index in [0.29, 0.717) is 5.02 Å². The second-order valence-corrected chi connectivity index (χ2v) is 6.24. The fourth-order valence-corrected chi connectivity index (χ4v) is 3.38. The number of hydrogen-bond donors (Lipinski definition) is 1. The van der Waals surface area contributed by atoms with Gasteiger partial charge >= 0.3 is 0 Å². The van der Waals surface area contributed by atoms with E-state index in [2.05, 4.69) is 15.9 Å². The van der Waals surface area contributed by atoms with Crippen LogP contribution in [0.15, 0.2) is 45.8 Å². The monoisotopic (exact) mass is 357 g/mol. The molecule has 0 fully saturated rings. The third-order valence-corrected chi connectivity index (χ3v) is 4.74. The summed E-state index contributed by atoms with van der Waals surface area (Å²) in [7, 11) is 1.66. The quantitative estimate of drug-likeness (QED) is 0.618. The highest BCUT2D eigenvalue weighted by molar-refractivity contribution is 9.10. The Balaban J connectivity index is 2.16. The van der Waals surface area contributed by atoms with Crippen LogP contribution in [0.2, 0.25) is 5.02 Å². The molecule has 0 spiro atoms. The molecule has 19 heavy (non-hydrogen) atoms. The van der Waals surface area contributed by atoms with Gasteiger partial charge in [-0.05, 0) is 42.0 Å². The number of ether oxygens (including phenoxy) is 1. The van der Waals surface area contributed by atoms with Gasteiger partial charge in [-0.3, -0.25) is 0 Å². The lowest BCUT2D eigenvalue weighted by molar-refractivity contribution is 0.414. The summed E-state index contributed by atoms with van der Waals surface area (Å²) in [5.41, 5.74) is 7.83. The zero-order valence-electron chi connectivity index (χ0n) is 10.3. The lowest BCUT2D eigenvalue weighted by Gasteiger charge is -2.09. The second-order valence-electron chi connectivity index (χ2n) is 3.93. The number of nitrogen functional groups attached to an aromatic ring is 1. The molecule has 5 heteroatoms. The summed E-state index contributed by atoms with van der Waals surface area (Å²) >= 11 is 11.2. The highest BCUT2D eigenvalue weighted by Gasteiger charge is 2.06. The lowest BCUT2D eigenvalue weighted by atomic mass is 10.2. The van der Waals surface area contributed by atoms with Crippen LogP contribution in [-0.4, -0.2) is 7.11 Å². The molecular weight excluding hydrogens is 346 g/mol. The summed E-state index contributed by atoms with van der Waals surface area (Å²) in [5.74, 6) is 1.64. The minimum Gasteiger partial charge on any atom is -0.497 e. The maximum absolute atomic E-state index is 5.98. The summed E-state index contributed by atoms with van der Waals surface area (Å²) in [6, 6.07) is 11.4. The van der Waals surface area contributed by atoms with Crippen molar-refractivity contribution >= 4 is 45.0 Å². The fourth-order valence-electron chi connectivity index (χ4n) is 1.58. The largest absolute Gasteiger partial charge is 0.497 e. The van der Waals surface area contributed by atoms with Crippen LogP contribution in [0.5, 0.6) is 5.75 Å². The third kappa shape index (κ3) is 3.81. The molecule has 0 aliphatic rings. The van der Waals surface area contributed by atoms with Gasteiger partial charge in [0, 0.05) is 25.8 Å². The highest BCUT2D eigenvalue weighted by atomic mass is 79.9. The summed E-state index contributed by atoms with van der Waals surface area (Å²) < 4.78 is 6.29. The number of rotatable bonds is 4. The number of benzene rings is 2. The molecule has 0 saturated carbocycles. The summed E-state index contributed by atoms with van der Waals surface area (Å²) in [6.07, 6.45) is 0. The normalized spacial score (nSPS) is 10.5. The van der Waals surface area contributed by atoms with Crippen molar-refractivity contribution in [2.75, 3.05) is 12.8 Å². The molecule has 0 saturated heterocycles. The number of nitrogens with two attached hydrogens (primary N) is 1. The zero-order valence-corrected chi connectivity index (χ0v) is 13.5. The van der Waals surface area contributed by atoms with Gasteiger partial charge in [-0.1, -0.05) is 27.5 Å².